The number of aliphatic hydroxyl groups excluding tert-OH is 1. The summed E-state index contributed by atoms with van der Waals surface area (Å²) < 4.78 is 24.7. The molecule has 0 saturated carbocycles. The zero-order valence-corrected chi connectivity index (χ0v) is 17.5. The number of rotatable bonds is 4. The van der Waals surface area contributed by atoms with Crippen molar-refractivity contribution in [2.75, 3.05) is 19.3 Å². The fourth-order valence-corrected chi connectivity index (χ4v) is 4.31. The summed E-state index contributed by atoms with van der Waals surface area (Å²) in [5, 5.41) is 19.7. The highest BCUT2D eigenvalue weighted by Gasteiger charge is 2.29. The van der Waals surface area contributed by atoms with Crippen molar-refractivity contribution in [3.8, 4) is 17.2 Å². The molecular weight excluding hydrogens is 372 g/mol. The maximum atomic E-state index is 11.6. The Kier molecular flexibility index (Phi) is 7.76. The van der Waals surface area contributed by atoms with Gasteiger partial charge in [-0.15, -0.1) is 0 Å². The highest BCUT2D eigenvalue weighted by Crippen LogP contribution is 2.32. The fraction of sp³-hybridized carbons (Fsp3) is 0.409. The molecule has 0 amide bonds. The van der Waals surface area contributed by atoms with Crippen LogP contribution >= 0.6 is 0 Å². The first-order valence-electron chi connectivity index (χ1n) is 9.62. The molecule has 1 fully saturated rings. The van der Waals surface area contributed by atoms with Crippen LogP contribution in [0.3, 0.4) is 0 Å². The standard InChI is InChI=1S/C20H22N2O3S.C2H6/c1-26(24,25)22-11-9-18(10-12-22)20(23)17-7-5-16(6-8-17)19-4-2-3-15(13-19)14-21;1-2/h2-8,13,18,20,23H,9-12H2,1H3;1-2H3. The van der Waals surface area contributed by atoms with Crippen molar-refractivity contribution in [2.45, 2.75) is 32.8 Å². The minimum atomic E-state index is -3.15. The van der Waals surface area contributed by atoms with Gasteiger partial charge in [-0.25, -0.2) is 12.7 Å². The van der Waals surface area contributed by atoms with Gasteiger partial charge in [0.25, 0.3) is 0 Å². The maximum absolute atomic E-state index is 11.6. The normalized spacial score (nSPS) is 16.5. The van der Waals surface area contributed by atoms with Crippen molar-refractivity contribution in [3.63, 3.8) is 0 Å². The van der Waals surface area contributed by atoms with E-state index in [9.17, 15) is 13.5 Å². The van der Waals surface area contributed by atoms with Crippen molar-refractivity contribution < 1.29 is 13.5 Å². The molecule has 28 heavy (non-hydrogen) atoms. The Bertz CT molecular complexity index is 910. The summed E-state index contributed by atoms with van der Waals surface area (Å²) in [5.74, 6) is 0.0563. The average Bonchev–Trinajstić information content (AvgIpc) is 2.74. The lowest BCUT2D eigenvalue weighted by Crippen LogP contribution is -2.39. The third-order valence-electron chi connectivity index (χ3n) is 4.99. The highest BCUT2D eigenvalue weighted by atomic mass is 32.2. The molecule has 1 unspecified atom stereocenters. The minimum absolute atomic E-state index is 0.0563. The van der Waals surface area contributed by atoms with E-state index in [1.54, 1.807) is 6.07 Å². The van der Waals surface area contributed by atoms with Crippen molar-refractivity contribution in [1.29, 1.82) is 5.26 Å². The lowest BCUT2D eigenvalue weighted by Gasteiger charge is -2.33. The number of aliphatic hydroxyl groups is 1. The van der Waals surface area contributed by atoms with Crippen LogP contribution in [0.2, 0.25) is 0 Å². The van der Waals surface area contributed by atoms with Crippen molar-refractivity contribution in [2.24, 2.45) is 5.92 Å². The molecule has 1 heterocycles. The summed E-state index contributed by atoms with van der Waals surface area (Å²) in [6.45, 7) is 4.92. The molecule has 1 saturated heterocycles. The summed E-state index contributed by atoms with van der Waals surface area (Å²) in [4.78, 5) is 0. The topological polar surface area (TPSA) is 81.4 Å². The molecule has 1 atom stereocenters. The number of hydrogen-bond acceptors (Lipinski definition) is 4. The first-order chi connectivity index (χ1) is 13.4. The van der Waals surface area contributed by atoms with Crippen molar-refractivity contribution in [3.05, 3.63) is 59.7 Å². The van der Waals surface area contributed by atoms with Gasteiger partial charge in [0.05, 0.1) is 24.0 Å². The fourth-order valence-electron chi connectivity index (χ4n) is 3.44. The molecule has 0 radical (unpaired) electrons. The van der Waals surface area contributed by atoms with Gasteiger partial charge in [0.1, 0.15) is 0 Å². The third kappa shape index (κ3) is 5.41. The lowest BCUT2D eigenvalue weighted by atomic mass is 9.87. The molecule has 0 spiro atoms. The second-order valence-corrected chi connectivity index (χ2v) is 8.74. The molecule has 1 N–H and O–H groups in total. The quantitative estimate of drug-likeness (QED) is 0.842. The number of nitriles is 1. The zero-order chi connectivity index (χ0) is 20.7. The molecule has 5 nitrogen and oxygen atoms in total. The number of hydrogen-bond donors (Lipinski definition) is 1. The van der Waals surface area contributed by atoms with Crippen molar-refractivity contribution >= 4 is 10.0 Å². The molecule has 0 bridgehead atoms. The van der Waals surface area contributed by atoms with E-state index in [1.807, 2.05) is 56.3 Å². The van der Waals surface area contributed by atoms with Crippen LogP contribution in [0.1, 0.15) is 43.9 Å². The second-order valence-electron chi connectivity index (χ2n) is 6.76. The van der Waals surface area contributed by atoms with E-state index in [2.05, 4.69) is 6.07 Å². The minimum Gasteiger partial charge on any atom is -0.388 e. The van der Waals surface area contributed by atoms with Crippen LogP contribution in [0.4, 0.5) is 0 Å². The summed E-state index contributed by atoms with van der Waals surface area (Å²) in [6, 6.07) is 17.2. The average molecular weight is 401 g/mol. The summed E-state index contributed by atoms with van der Waals surface area (Å²) >= 11 is 0. The zero-order valence-electron chi connectivity index (χ0n) is 16.7. The number of benzene rings is 2. The molecule has 3 rings (SSSR count). The van der Waals surface area contributed by atoms with Crippen LogP contribution in [-0.2, 0) is 10.0 Å². The molecule has 0 aliphatic carbocycles. The third-order valence-corrected chi connectivity index (χ3v) is 6.29. The Morgan fingerprint density at radius 2 is 1.68 bits per heavy atom. The lowest BCUT2D eigenvalue weighted by molar-refractivity contribution is 0.0762. The SMILES string of the molecule is CC.CS(=O)(=O)N1CCC(C(O)c2ccc(-c3cccc(C#N)c3)cc2)CC1. The highest BCUT2D eigenvalue weighted by molar-refractivity contribution is 7.88. The predicted octanol–water partition coefficient (Wildman–Crippen LogP) is 3.96. The van der Waals surface area contributed by atoms with E-state index in [-0.39, 0.29) is 5.92 Å². The molecule has 0 aromatic heterocycles. The van der Waals surface area contributed by atoms with E-state index in [1.165, 1.54) is 10.6 Å². The van der Waals surface area contributed by atoms with E-state index in [4.69, 9.17) is 5.26 Å². The first kappa shape index (κ1) is 22.1. The van der Waals surface area contributed by atoms with E-state index in [0.717, 1.165) is 16.7 Å². The van der Waals surface area contributed by atoms with Crippen LogP contribution in [0, 0.1) is 17.2 Å². The largest absolute Gasteiger partial charge is 0.388 e. The Morgan fingerprint density at radius 1 is 1.07 bits per heavy atom. The Morgan fingerprint density at radius 3 is 2.21 bits per heavy atom. The molecule has 6 heteroatoms. The van der Waals surface area contributed by atoms with E-state index >= 15 is 0 Å². The molecule has 2 aromatic carbocycles. The van der Waals surface area contributed by atoms with Gasteiger partial charge in [-0.3, -0.25) is 0 Å². The first-order valence-corrected chi connectivity index (χ1v) is 11.5. The Balaban J connectivity index is 0.00000136. The second kappa shape index (κ2) is 9.83. The van der Waals surface area contributed by atoms with Gasteiger partial charge in [0, 0.05) is 13.1 Å². The van der Waals surface area contributed by atoms with Gasteiger partial charge in [0.2, 0.25) is 10.0 Å². The molecule has 2 aromatic rings. The Labute approximate surface area is 168 Å². The summed E-state index contributed by atoms with van der Waals surface area (Å²) in [5.41, 5.74) is 3.41. The van der Waals surface area contributed by atoms with Crippen molar-refractivity contribution in [1.82, 2.24) is 4.31 Å². The molecular formula is C22H28N2O3S. The van der Waals surface area contributed by atoms with E-state index < -0.39 is 16.1 Å². The van der Waals surface area contributed by atoms with Gasteiger partial charge >= 0.3 is 0 Å². The number of nitrogens with zero attached hydrogens (tertiary/aromatic N) is 2. The summed E-state index contributed by atoms with van der Waals surface area (Å²) in [7, 11) is -3.15. The summed E-state index contributed by atoms with van der Waals surface area (Å²) in [6.07, 6.45) is 1.93. The van der Waals surface area contributed by atoms with Crippen LogP contribution in [-0.4, -0.2) is 37.2 Å². The van der Waals surface area contributed by atoms with Crippen LogP contribution in [0.25, 0.3) is 11.1 Å². The monoisotopic (exact) mass is 400 g/mol. The van der Waals surface area contributed by atoms with Crippen LogP contribution in [0.5, 0.6) is 0 Å². The van der Waals surface area contributed by atoms with Crippen LogP contribution < -0.4 is 0 Å². The maximum Gasteiger partial charge on any atom is 0.211 e. The number of piperidine rings is 1. The van der Waals surface area contributed by atoms with Gasteiger partial charge in [-0.05, 0) is 47.6 Å². The van der Waals surface area contributed by atoms with Gasteiger partial charge in [-0.1, -0.05) is 50.2 Å². The van der Waals surface area contributed by atoms with E-state index in [0.29, 0.717) is 31.5 Å². The molecule has 1 aliphatic rings. The van der Waals surface area contributed by atoms with Gasteiger partial charge in [-0.2, -0.15) is 5.26 Å². The predicted molar refractivity (Wildman–Crippen MR) is 112 cm³/mol. The number of sulfonamides is 1. The smallest absolute Gasteiger partial charge is 0.211 e. The van der Waals surface area contributed by atoms with Gasteiger partial charge < -0.3 is 5.11 Å². The molecule has 1 aliphatic heterocycles. The molecule has 150 valence electrons. The Hall–Kier alpha value is -2.20. The van der Waals surface area contributed by atoms with Crippen LogP contribution in [0.15, 0.2) is 48.5 Å². The van der Waals surface area contributed by atoms with Gasteiger partial charge in [0.15, 0.2) is 0 Å².